The van der Waals surface area contributed by atoms with Crippen molar-refractivity contribution in [3.05, 3.63) is 64.2 Å². The van der Waals surface area contributed by atoms with Gasteiger partial charge >= 0.3 is 0 Å². The van der Waals surface area contributed by atoms with Crippen molar-refractivity contribution in [1.82, 2.24) is 0 Å². The Balaban J connectivity index is 2.32. The SMILES string of the molecule is Cc1ccccc1N(N)c1ccc([N+](=O)[O-])cc1. The summed E-state index contributed by atoms with van der Waals surface area (Å²) in [5.41, 5.74) is 2.66. The van der Waals surface area contributed by atoms with Crippen LogP contribution in [0.15, 0.2) is 48.5 Å². The summed E-state index contributed by atoms with van der Waals surface area (Å²) < 4.78 is 0. The number of rotatable bonds is 3. The van der Waals surface area contributed by atoms with Crippen molar-refractivity contribution in [2.45, 2.75) is 6.92 Å². The second-order valence-electron chi connectivity index (χ2n) is 3.93. The van der Waals surface area contributed by atoms with Crippen molar-refractivity contribution >= 4 is 17.1 Å². The van der Waals surface area contributed by atoms with Crippen LogP contribution in [0.1, 0.15) is 5.56 Å². The van der Waals surface area contributed by atoms with E-state index in [0.717, 1.165) is 11.3 Å². The third-order valence-electron chi connectivity index (χ3n) is 2.71. The van der Waals surface area contributed by atoms with Crippen molar-refractivity contribution in [3.63, 3.8) is 0 Å². The van der Waals surface area contributed by atoms with E-state index in [2.05, 4.69) is 0 Å². The molecule has 2 aromatic rings. The summed E-state index contributed by atoms with van der Waals surface area (Å²) in [6.07, 6.45) is 0. The van der Waals surface area contributed by atoms with Crippen LogP contribution in [0.4, 0.5) is 17.1 Å². The summed E-state index contributed by atoms with van der Waals surface area (Å²) in [6.45, 7) is 1.96. The summed E-state index contributed by atoms with van der Waals surface area (Å²) in [6, 6.07) is 13.8. The minimum absolute atomic E-state index is 0.0527. The molecule has 0 aliphatic carbocycles. The van der Waals surface area contributed by atoms with Gasteiger partial charge < -0.3 is 0 Å². The van der Waals surface area contributed by atoms with Crippen molar-refractivity contribution < 1.29 is 4.92 Å². The molecule has 0 heterocycles. The Morgan fingerprint density at radius 2 is 1.72 bits per heavy atom. The van der Waals surface area contributed by atoms with Gasteiger partial charge in [0.05, 0.1) is 16.3 Å². The number of nitrogens with two attached hydrogens (primary N) is 1. The molecule has 0 amide bonds. The van der Waals surface area contributed by atoms with E-state index in [-0.39, 0.29) is 5.69 Å². The van der Waals surface area contributed by atoms with Crippen molar-refractivity contribution in [3.8, 4) is 0 Å². The molecule has 0 radical (unpaired) electrons. The van der Waals surface area contributed by atoms with Gasteiger partial charge in [-0.2, -0.15) is 0 Å². The van der Waals surface area contributed by atoms with Gasteiger partial charge in [-0.1, -0.05) is 18.2 Å². The lowest BCUT2D eigenvalue weighted by atomic mass is 10.2. The van der Waals surface area contributed by atoms with Crippen molar-refractivity contribution in [1.29, 1.82) is 0 Å². The van der Waals surface area contributed by atoms with Crippen LogP contribution in [0.3, 0.4) is 0 Å². The van der Waals surface area contributed by atoms with Crippen LogP contribution in [0.2, 0.25) is 0 Å². The maximum Gasteiger partial charge on any atom is 0.269 e. The van der Waals surface area contributed by atoms with Crippen LogP contribution in [-0.2, 0) is 0 Å². The molecule has 0 bridgehead atoms. The van der Waals surface area contributed by atoms with Crippen LogP contribution in [-0.4, -0.2) is 4.92 Å². The minimum Gasteiger partial charge on any atom is -0.279 e. The van der Waals surface area contributed by atoms with E-state index in [1.165, 1.54) is 17.1 Å². The zero-order chi connectivity index (χ0) is 13.1. The van der Waals surface area contributed by atoms with Crippen LogP contribution in [0.25, 0.3) is 0 Å². The summed E-state index contributed by atoms with van der Waals surface area (Å²) in [4.78, 5) is 10.1. The number of anilines is 2. The van der Waals surface area contributed by atoms with Gasteiger partial charge in [-0.25, -0.2) is 5.84 Å². The van der Waals surface area contributed by atoms with Gasteiger partial charge in [0.2, 0.25) is 0 Å². The van der Waals surface area contributed by atoms with Gasteiger partial charge in [0.25, 0.3) is 5.69 Å². The quantitative estimate of drug-likeness (QED) is 0.511. The van der Waals surface area contributed by atoms with Crippen LogP contribution in [0, 0.1) is 17.0 Å². The highest BCUT2D eigenvalue weighted by molar-refractivity contribution is 5.65. The Morgan fingerprint density at radius 3 is 2.28 bits per heavy atom. The standard InChI is InChI=1S/C13H13N3O2/c1-10-4-2-3-5-13(10)15(14)11-6-8-12(9-7-11)16(17)18/h2-9H,14H2,1H3. The number of benzene rings is 2. The van der Waals surface area contributed by atoms with E-state index in [9.17, 15) is 10.1 Å². The molecule has 0 aliphatic rings. The van der Waals surface area contributed by atoms with Gasteiger partial charge in [-0.3, -0.25) is 15.1 Å². The van der Waals surface area contributed by atoms with Gasteiger partial charge in [-0.05, 0) is 30.7 Å². The molecule has 0 aliphatic heterocycles. The van der Waals surface area contributed by atoms with E-state index in [4.69, 9.17) is 5.84 Å². The summed E-state index contributed by atoms with van der Waals surface area (Å²) in [5.74, 6) is 6.01. The zero-order valence-electron chi connectivity index (χ0n) is 9.91. The van der Waals surface area contributed by atoms with Gasteiger partial charge in [0.15, 0.2) is 0 Å². The summed E-state index contributed by atoms with van der Waals surface area (Å²) in [7, 11) is 0. The number of hydrogen-bond donors (Lipinski definition) is 1. The fourth-order valence-electron chi connectivity index (χ4n) is 1.71. The van der Waals surface area contributed by atoms with Gasteiger partial charge in [0, 0.05) is 12.1 Å². The molecule has 0 saturated carbocycles. The molecule has 2 rings (SSSR count). The highest BCUT2D eigenvalue weighted by atomic mass is 16.6. The zero-order valence-corrected chi connectivity index (χ0v) is 9.91. The smallest absolute Gasteiger partial charge is 0.269 e. The number of hydrazine groups is 1. The normalized spacial score (nSPS) is 10.1. The van der Waals surface area contributed by atoms with Gasteiger partial charge in [-0.15, -0.1) is 0 Å². The average molecular weight is 243 g/mol. The Kier molecular flexibility index (Phi) is 3.25. The topological polar surface area (TPSA) is 72.4 Å². The molecule has 0 atom stereocenters. The first-order valence-electron chi connectivity index (χ1n) is 5.44. The highest BCUT2D eigenvalue weighted by Crippen LogP contribution is 2.26. The number of nitro groups is 1. The first-order valence-corrected chi connectivity index (χ1v) is 5.44. The van der Waals surface area contributed by atoms with Crippen molar-refractivity contribution in [2.24, 2.45) is 5.84 Å². The van der Waals surface area contributed by atoms with Gasteiger partial charge in [0.1, 0.15) is 0 Å². The maximum absolute atomic E-state index is 10.6. The third-order valence-corrected chi connectivity index (χ3v) is 2.71. The Labute approximate surface area is 105 Å². The fraction of sp³-hybridized carbons (Fsp3) is 0.0769. The van der Waals surface area contributed by atoms with E-state index in [0.29, 0.717) is 5.69 Å². The molecule has 5 nitrogen and oxygen atoms in total. The molecular weight excluding hydrogens is 230 g/mol. The number of hydrogen-bond acceptors (Lipinski definition) is 4. The lowest BCUT2D eigenvalue weighted by molar-refractivity contribution is -0.384. The number of nitro benzene ring substituents is 1. The van der Waals surface area contributed by atoms with Crippen LogP contribution < -0.4 is 10.9 Å². The monoisotopic (exact) mass is 243 g/mol. The highest BCUT2D eigenvalue weighted by Gasteiger charge is 2.09. The third kappa shape index (κ3) is 2.31. The predicted molar refractivity (Wildman–Crippen MR) is 70.6 cm³/mol. The van der Waals surface area contributed by atoms with E-state index in [1.807, 2.05) is 31.2 Å². The molecule has 2 N–H and O–H groups in total. The van der Waals surface area contributed by atoms with Crippen LogP contribution in [0.5, 0.6) is 0 Å². The number of nitrogens with zero attached hydrogens (tertiary/aromatic N) is 2. The largest absolute Gasteiger partial charge is 0.279 e. The maximum atomic E-state index is 10.6. The molecule has 0 unspecified atom stereocenters. The lowest BCUT2D eigenvalue weighted by Crippen LogP contribution is -2.25. The number of non-ortho nitro benzene ring substituents is 1. The summed E-state index contributed by atoms with van der Waals surface area (Å²) in [5, 5.41) is 12.1. The molecule has 18 heavy (non-hydrogen) atoms. The molecular formula is C13H13N3O2. The Morgan fingerprint density at radius 1 is 1.11 bits per heavy atom. The first-order chi connectivity index (χ1) is 8.59. The fourth-order valence-corrected chi connectivity index (χ4v) is 1.71. The molecule has 0 saturated heterocycles. The van der Waals surface area contributed by atoms with E-state index in [1.54, 1.807) is 12.1 Å². The van der Waals surface area contributed by atoms with Crippen molar-refractivity contribution in [2.75, 3.05) is 5.01 Å². The minimum atomic E-state index is -0.432. The molecule has 5 heteroatoms. The predicted octanol–water partition coefficient (Wildman–Crippen LogP) is 2.92. The molecule has 2 aromatic carbocycles. The average Bonchev–Trinajstić information content (AvgIpc) is 2.38. The lowest BCUT2D eigenvalue weighted by Gasteiger charge is -2.20. The molecule has 92 valence electrons. The Hall–Kier alpha value is -2.40. The molecule has 0 spiro atoms. The summed E-state index contributed by atoms with van der Waals surface area (Å²) >= 11 is 0. The van der Waals surface area contributed by atoms with E-state index < -0.39 is 4.92 Å². The number of para-hydroxylation sites is 1. The first kappa shape index (κ1) is 12.1. The number of aryl methyl sites for hydroxylation is 1. The molecule has 0 aromatic heterocycles. The molecule has 0 fully saturated rings. The Bertz CT molecular complexity index is 567. The second kappa shape index (κ2) is 4.85. The second-order valence-corrected chi connectivity index (χ2v) is 3.93. The van der Waals surface area contributed by atoms with E-state index >= 15 is 0 Å². The van der Waals surface area contributed by atoms with Crippen LogP contribution >= 0.6 is 0 Å².